The summed E-state index contributed by atoms with van der Waals surface area (Å²) in [5, 5.41) is 148. The fourth-order valence-corrected chi connectivity index (χ4v) is 11.8. The Hall–Kier alpha value is -10.8. The molecule has 0 saturated heterocycles. The van der Waals surface area contributed by atoms with Gasteiger partial charge in [0.25, 0.3) is 129 Å². The third-order valence-corrected chi connectivity index (χ3v) is 20.8. The third-order valence-electron chi connectivity index (χ3n) is 20.8. The standard InChI is InChI=1S/C18H24N2O4.C17H20N4O4.C16H16N2O2.C14H18N2O2.C11H18N2O2/c1-8-18(6,7)17(21)24-16-11(3)10(2)9-14-15(16)20(23)13(5)12(4)19(14)22;1-6-9(2)17-12(5)20(24)15-7-13-14(8-16(15)21(17)25)19(23)11(4)10(3)18(13)22;1-3-11(2)12-8-9-15-16(10-12)18(20)14-7-5-4-6-13(14)17(15)19;1-5-9(2)12-6-7-13-14(8-12)16(18)11(4)10(3)15(13)17;1-6-7(2)11-10(5)12(14)8(3)9(4)13(11)15/h9H,8H2,1-7H3;7-9H,6H2,1-5H3;4-11H,3H2,1-2H3;6-9H,5H2,1-4H3;7H,6H2,1-5H3. The fourth-order valence-electron chi connectivity index (χ4n) is 11.8. The van der Waals surface area contributed by atoms with E-state index in [2.05, 4.69) is 27.7 Å². The van der Waals surface area contributed by atoms with Gasteiger partial charge in [0.2, 0.25) is 5.75 Å². The lowest BCUT2D eigenvalue weighted by Crippen LogP contribution is -2.49. The summed E-state index contributed by atoms with van der Waals surface area (Å²) in [6.07, 6.45) is 4.15. The van der Waals surface area contributed by atoms with Gasteiger partial charge in [-0.1, -0.05) is 86.6 Å². The van der Waals surface area contributed by atoms with Gasteiger partial charge in [0.05, 0.1) is 17.5 Å². The molecule has 0 aliphatic carbocycles. The molecule has 6 aromatic heterocycles. The van der Waals surface area contributed by atoms with E-state index in [1.165, 1.54) is 19.1 Å². The first-order valence-electron chi connectivity index (χ1n) is 34.4. The summed E-state index contributed by atoms with van der Waals surface area (Å²) in [6, 6.07) is 22.2. The molecule has 4 atom stereocenters. The van der Waals surface area contributed by atoms with Gasteiger partial charge >= 0.3 is 11.5 Å². The lowest BCUT2D eigenvalue weighted by Gasteiger charge is -2.21. The molecule has 0 amide bonds. The van der Waals surface area contributed by atoms with Crippen LogP contribution < -0.4 is 61.5 Å². The summed E-state index contributed by atoms with van der Waals surface area (Å²) < 4.78 is 14.7. The number of fused-ring (bicyclic) bond motifs is 6. The summed E-state index contributed by atoms with van der Waals surface area (Å²) in [4.78, 5) is 12.5. The van der Waals surface area contributed by atoms with Gasteiger partial charge < -0.3 is 67.2 Å². The molecule has 0 spiro atoms. The van der Waals surface area contributed by atoms with Crippen LogP contribution in [-0.4, -0.2) is 5.97 Å². The van der Waals surface area contributed by atoms with Crippen molar-refractivity contribution in [1.82, 2.24) is 0 Å². The van der Waals surface area contributed by atoms with Crippen molar-refractivity contribution < 1.29 is 66.3 Å². The summed E-state index contributed by atoms with van der Waals surface area (Å²) in [6.45, 7) is 41.5. The predicted molar refractivity (Wildman–Crippen MR) is 386 cm³/mol. The minimum Gasteiger partial charge on any atom is -0.618 e. The lowest BCUT2D eigenvalue weighted by atomic mass is 9.90. The number of benzene rings is 5. The molecule has 11 rings (SSSR count). The van der Waals surface area contributed by atoms with E-state index in [9.17, 15) is 67.3 Å². The van der Waals surface area contributed by atoms with Gasteiger partial charge in [-0.15, -0.1) is 0 Å². The predicted octanol–water partition coefficient (Wildman–Crippen LogP) is 10.0. The molecule has 11 aromatic rings. The zero-order valence-corrected chi connectivity index (χ0v) is 62.9. The van der Waals surface area contributed by atoms with E-state index in [4.69, 9.17) is 4.74 Å². The third kappa shape index (κ3) is 14.4. The number of aryl methyl sites for hydroxylation is 1. The summed E-state index contributed by atoms with van der Waals surface area (Å²) in [5.41, 5.74) is 10.8. The normalized spacial score (nSPS) is 12.6. The van der Waals surface area contributed by atoms with Crippen LogP contribution in [0.5, 0.6) is 5.75 Å². The van der Waals surface area contributed by atoms with Gasteiger partial charge in [0, 0.05) is 129 Å². The van der Waals surface area contributed by atoms with E-state index in [1.807, 2.05) is 65.8 Å². The lowest BCUT2D eigenvalue weighted by molar-refractivity contribution is -0.684. The number of carbonyl (C=O) groups excluding carboxylic acids is 1. The van der Waals surface area contributed by atoms with Crippen LogP contribution in [0.2, 0.25) is 0 Å². The molecule has 26 nitrogen and oxygen atoms in total. The van der Waals surface area contributed by atoms with Crippen LogP contribution in [0.25, 0.3) is 66.2 Å². The molecule has 0 aliphatic heterocycles. The van der Waals surface area contributed by atoms with Gasteiger partial charge in [-0.25, -0.2) is 0 Å². The van der Waals surface area contributed by atoms with E-state index in [-0.39, 0.29) is 67.8 Å². The Kier molecular flexibility index (Phi) is 23.9. The van der Waals surface area contributed by atoms with Gasteiger partial charge in [-0.2, -0.15) is 56.8 Å². The first-order valence-corrected chi connectivity index (χ1v) is 34.4. The number of hydrogen-bond donors (Lipinski definition) is 0. The average molecular weight is 1400 g/mol. The zero-order chi connectivity index (χ0) is 76.5. The van der Waals surface area contributed by atoms with Crippen LogP contribution >= 0.6 is 0 Å². The number of nitrogens with zero attached hydrogens (tertiary/aromatic N) is 12. The van der Waals surface area contributed by atoms with E-state index in [1.54, 1.807) is 126 Å². The van der Waals surface area contributed by atoms with Crippen molar-refractivity contribution in [2.45, 2.75) is 215 Å². The molecule has 0 bridgehead atoms. The second-order valence-electron chi connectivity index (χ2n) is 27.4. The van der Waals surface area contributed by atoms with Crippen molar-refractivity contribution in [1.29, 1.82) is 0 Å². The maximum absolute atomic E-state index is 12.9. The number of carbonyl (C=O) groups is 1. The van der Waals surface area contributed by atoms with Gasteiger partial charge in [0.15, 0.2) is 0 Å². The SMILES string of the molecule is CCC(C)(C)C(=O)Oc1c(C)c(C)cc2c1[n+]([O-])c(C)c(C)[n+]2[O-].CCC(C)c1c(C)[n+]([O-])c(C)c(C)[n+]1[O-].CCC(C)c1c(C)[n+]([O-])c2cc3c(cc2[n+]1[O-])[n+]([O-])c(C)c(C)[n+]3[O-].CCC(C)c1ccc2c(c1)[n+]([O-])c(C)c(C)[n+]2[O-].CCC(C)c1ccc2c(c1)[n+]([O-])c1ccccc1[n+]2[O-]. The molecule has 6 heterocycles. The van der Waals surface area contributed by atoms with Crippen LogP contribution in [0.1, 0.15) is 223 Å². The quantitative estimate of drug-likeness (QED) is 0.0382. The number of hydrogen-bond acceptors (Lipinski definition) is 14. The Morgan fingerprint density at radius 2 is 0.647 bits per heavy atom. The van der Waals surface area contributed by atoms with E-state index in [0.717, 1.165) is 64.3 Å². The fraction of sp³-hybridized carbons (Fsp3) is 0.434. The molecular weight excluding hydrogens is 1300 g/mol. The van der Waals surface area contributed by atoms with Crippen LogP contribution in [0.4, 0.5) is 0 Å². The molecule has 0 fully saturated rings. The molecule has 4 unspecified atom stereocenters. The second-order valence-corrected chi connectivity index (χ2v) is 27.4. The number of rotatable bonds is 11. The highest BCUT2D eigenvalue weighted by atomic mass is 16.5. The maximum atomic E-state index is 12.9. The number of para-hydroxylation sites is 2. The van der Waals surface area contributed by atoms with Crippen molar-refractivity contribution in [3.05, 3.63) is 232 Å². The molecule has 0 saturated carbocycles. The Morgan fingerprint density at radius 1 is 0.343 bits per heavy atom. The summed E-state index contributed by atoms with van der Waals surface area (Å²) in [7, 11) is 0. The Bertz CT molecular complexity index is 5080. The molecular formula is C76H96N12O14. The van der Waals surface area contributed by atoms with Crippen LogP contribution in [0.15, 0.2) is 78.9 Å². The highest BCUT2D eigenvalue weighted by Gasteiger charge is 2.36. The zero-order valence-electron chi connectivity index (χ0n) is 62.9. The highest BCUT2D eigenvalue weighted by molar-refractivity contribution is 5.86. The first-order chi connectivity index (χ1) is 47.7. The molecule has 544 valence electrons. The van der Waals surface area contributed by atoms with Crippen molar-refractivity contribution in [3.63, 3.8) is 0 Å². The van der Waals surface area contributed by atoms with Crippen molar-refractivity contribution in [3.8, 4) is 5.75 Å². The largest absolute Gasteiger partial charge is 0.618 e. The average Bonchev–Trinajstić information content (AvgIpc) is 0.742. The number of aromatic nitrogens is 12. The minimum absolute atomic E-state index is 0.0610. The van der Waals surface area contributed by atoms with Crippen LogP contribution in [0, 0.1) is 151 Å². The molecule has 5 aromatic carbocycles. The molecule has 0 radical (unpaired) electrons. The van der Waals surface area contributed by atoms with E-state index >= 15 is 0 Å². The van der Waals surface area contributed by atoms with Crippen molar-refractivity contribution in [2.24, 2.45) is 5.41 Å². The smallest absolute Gasteiger partial charge is 0.333 e. The Morgan fingerprint density at radius 3 is 1.07 bits per heavy atom. The summed E-state index contributed by atoms with van der Waals surface area (Å²) in [5.74, 6) is 0.500. The maximum Gasteiger partial charge on any atom is 0.333 e. The topological polar surface area (TPSA) is 350 Å². The molecule has 102 heavy (non-hydrogen) atoms. The molecule has 26 heteroatoms. The van der Waals surface area contributed by atoms with Gasteiger partial charge in [0.1, 0.15) is 0 Å². The monoisotopic (exact) mass is 1400 g/mol. The first kappa shape index (κ1) is 78.5. The highest BCUT2D eigenvalue weighted by Crippen LogP contribution is 2.33. The number of esters is 1. The van der Waals surface area contributed by atoms with E-state index in [0.29, 0.717) is 143 Å². The van der Waals surface area contributed by atoms with Gasteiger partial charge in [-0.3, -0.25) is 4.79 Å². The van der Waals surface area contributed by atoms with Crippen LogP contribution in [0.3, 0.4) is 0 Å². The molecule has 0 aliphatic rings. The van der Waals surface area contributed by atoms with Crippen molar-refractivity contribution in [2.75, 3.05) is 0 Å². The summed E-state index contributed by atoms with van der Waals surface area (Å²) >= 11 is 0. The number of ether oxygens (including phenoxy) is 1. The Labute approximate surface area is 594 Å². The van der Waals surface area contributed by atoms with Crippen LogP contribution in [-0.2, 0) is 4.79 Å². The van der Waals surface area contributed by atoms with Crippen molar-refractivity contribution >= 4 is 72.2 Å². The second kappa shape index (κ2) is 31.0. The van der Waals surface area contributed by atoms with E-state index < -0.39 is 11.4 Å². The van der Waals surface area contributed by atoms with Gasteiger partial charge in [-0.05, 0) is 88.3 Å². The minimum atomic E-state index is -0.677. The molecule has 0 N–H and O–H groups in total. The Balaban J connectivity index is 0.000000181.